The molecule has 1 atom stereocenters. The lowest BCUT2D eigenvalue weighted by atomic mass is 10.0. The van der Waals surface area contributed by atoms with Gasteiger partial charge in [0.25, 0.3) is 0 Å². The zero-order valence-electron chi connectivity index (χ0n) is 9.84. The first kappa shape index (κ1) is 14.2. The first-order chi connectivity index (χ1) is 7.22. The smallest absolute Gasteiger partial charge is 0.0482 e. The number of carbonyl (C=O) groups is 1. The minimum absolute atomic E-state index is 0.458. The fraction of sp³-hybridized carbons (Fsp3) is 0.769. The van der Waals surface area contributed by atoms with Gasteiger partial charge in [-0.3, -0.25) is 0 Å². The fourth-order valence-corrected chi connectivity index (χ4v) is 1.65. The molecule has 0 N–H and O–H groups in total. The standard InChI is InChI=1S/C13H24O2/c1-3-5-6-7-8-9-10-11-12(4-2)13(14)15/h4,12H,2-3,5-11H2,1H3,(H,14,15)/p-1. The normalized spacial score (nSPS) is 12.3. The first-order valence-corrected chi connectivity index (χ1v) is 6.05. The summed E-state index contributed by atoms with van der Waals surface area (Å²) in [6.07, 6.45) is 10.6. The maximum Gasteiger partial charge on any atom is 0.0482 e. The molecule has 0 aliphatic heterocycles. The van der Waals surface area contributed by atoms with Crippen LogP contribution >= 0.6 is 0 Å². The zero-order valence-corrected chi connectivity index (χ0v) is 9.84. The Morgan fingerprint density at radius 2 is 1.73 bits per heavy atom. The van der Waals surface area contributed by atoms with Crippen LogP contribution in [0.5, 0.6) is 0 Å². The van der Waals surface area contributed by atoms with E-state index in [1.165, 1.54) is 38.2 Å². The highest BCUT2D eigenvalue weighted by Gasteiger charge is 2.03. The fourth-order valence-electron chi connectivity index (χ4n) is 1.65. The van der Waals surface area contributed by atoms with Crippen LogP contribution in [0.25, 0.3) is 0 Å². The van der Waals surface area contributed by atoms with Gasteiger partial charge in [-0.25, -0.2) is 0 Å². The summed E-state index contributed by atoms with van der Waals surface area (Å²) < 4.78 is 0. The van der Waals surface area contributed by atoms with Gasteiger partial charge < -0.3 is 9.90 Å². The summed E-state index contributed by atoms with van der Waals surface area (Å²) in [5.74, 6) is -1.45. The Bertz CT molecular complexity index is 175. The number of hydrogen-bond acceptors (Lipinski definition) is 2. The third-order valence-corrected chi connectivity index (χ3v) is 2.71. The van der Waals surface area contributed by atoms with Gasteiger partial charge in [-0.05, 0) is 6.42 Å². The highest BCUT2D eigenvalue weighted by molar-refractivity contribution is 5.69. The van der Waals surface area contributed by atoms with Gasteiger partial charge in [0, 0.05) is 11.9 Å². The van der Waals surface area contributed by atoms with Gasteiger partial charge in [0.1, 0.15) is 0 Å². The van der Waals surface area contributed by atoms with E-state index >= 15 is 0 Å². The number of carboxylic acid groups (broad SMARTS) is 1. The van der Waals surface area contributed by atoms with Crippen molar-refractivity contribution in [2.75, 3.05) is 0 Å². The van der Waals surface area contributed by atoms with E-state index in [9.17, 15) is 9.90 Å². The van der Waals surface area contributed by atoms with Gasteiger partial charge in [-0.2, -0.15) is 0 Å². The molecular formula is C13H23O2-. The van der Waals surface area contributed by atoms with Gasteiger partial charge in [0.15, 0.2) is 0 Å². The molecule has 0 rings (SSSR count). The van der Waals surface area contributed by atoms with Crippen LogP contribution in [0, 0.1) is 5.92 Å². The van der Waals surface area contributed by atoms with Crippen molar-refractivity contribution in [3.8, 4) is 0 Å². The first-order valence-electron chi connectivity index (χ1n) is 6.05. The summed E-state index contributed by atoms with van der Waals surface area (Å²) in [4.78, 5) is 10.6. The number of aliphatic carboxylic acids is 1. The van der Waals surface area contributed by atoms with Crippen LogP contribution in [0.3, 0.4) is 0 Å². The molecule has 0 fully saturated rings. The van der Waals surface area contributed by atoms with Crippen LogP contribution in [0.4, 0.5) is 0 Å². The van der Waals surface area contributed by atoms with E-state index in [0.717, 1.165) is 12.8 Å². The molecule has 88 valence electrons. The topological polar surface area (TPSA) is 40.1 Å². The predicted octanol–water partition coefficient (Wildman–Crippen LogP) is 2.68. The minimum atomic E-state index is -0.990. The molecule has 0 aliphatic rings. The molecule has 0 aliphatic carbocycles. The van der Waals surface area contributed by atoms with E-state index in [1.807, 2.05) is 0 Å². The molecule has 0 saturated heterocycles. The number of unbranched alkanes of at least 4 members (excludes halogenated alkanes) is 6. The molecule has 1 unspecified atom stereocenters. The van der Waals surface area contributed by atoms with Crippen molar-refractivity contribution >= 4 is 5.97 Å². The molecule has 0 amide bonds. The second-order valence-electron chi connectivity index (χ2n) is 4.07. The van der Waals surface area contributed by atoms with E-state index in [-0.39, 0.29) is 0 Å². The van der Waals surface area contributed by atoms with E-state index in [2.05, 4.69) is 13.5 Å². The number of carboxylic acids is 1. The molecule has 0 aromatic rings. The van der Waals surface area contributed by atoms with Crippen molar-refractivity contribution in [1.82, 2.24) is 0 Å². The van der Waals surface area contributed by atoms with Gasteiger partial charge in [0.2, 0.25) is 0 Å². The molecule has 0 aromatic heterocycles. The minimum Gasteiger partial charge on any atom is -0.550 e. The zero-order chi connectivity index (χ0) is 11.5. The van der Waals surface area contributed by atoms with Crippen molar-refractivity contribution in [1.29, 1.82) is 0 Å². The molecule has 0 radical (unpaired) electrons. The van der Waals surface area contributed by atoms with Crippen LogP contribution in [-0.4, -0.2) is 5.97 Å². The largest absolute Gasteiger partial charge is 0.550 e. The maximum atomic E-state index is 10.6. The molecule has 2 nitrogen and oxygen atoms in total. The summed E-state index contributed by atoms with van der Waals surface area (Å²) in [6, 6.07) is 0. The number of carbonyl (C=O) groups excluding carboxylic acids is 1. The molecular weight excluding hydrogens is 188 g/mol. The monoisotopic (exact) mass is 211 g/mol. The quantitative estimate of drug-likeness (QED) is 0.412. The van der Waals surface area contributed by atoms with Crippen LogP contribution < -0.4 is 5.11 Å². The van der Waals surface area contributed by atoms with Crippen LogP contribution in [0.2, 0.25) is 0 Å². The van der Waals surface area contributed by atoms with E-state index in [4.69, 9.17) is 0 Å². The Labute approximate surface area is 93.4 Å². The lowest BCUT2D eigenvalue weighted by molar-refractivity contribution is -0.309. The highest BCUT2D eigenvalue weighted by atomic mass is 16.4. The second-order valence-corrected chi connectivity index (χ2v) is 4.07. The van der Waals surface area contributed by atoms with Crippen molar-refractivity contribution in [2.24, 2.45) is 5.92 Å². The Morgan fingerprint density at radius 1 is 1.20 bits per heavy atom. The van der Waals surface area contributed by atoms with Crippen molar-refractivity contribution < 1.29 is 9.90 Å². The van der Waals surface area contributed by atoms with Gasteiger partial charge >= 0.3 is 0 Å². The Hall–Kier alpha value is -0.790. The van der Waals surface area contributed by atoms with Crippen LogP contribution in [0.15, 0.2) is 12.7 Å². The molecule has 0 heterocycles. The van der Waals surface area contributed by atoms with Gasteiger partial charge in [-0.1, -0.05) is 57.9 Å². The van der Waals surface area contributed by atoms with E-state index in [1.54, 1.807) is 0 Å². The Balaban J connectivity index is 3.29. The predicted molar refractivity (Wildman–Crippen MR) is 61.3 cm³/mol. The molecule has 0 saturated carbocycles. The summed E-state index contributed by atoms with van der Waals surface area (Å²) in [5.41, 5.74) is 0. The van der Waals surface area contributed by atoms with E-state index < -0.39 is 11.9 Å². The van der Waals surface area contributed by atoms with Crippen molar-refractivity contribution in [3.63, 3.8) is 0 Å². The summed E-state index contributed by atoms with van der Waals surface area (Å²) in [7, 11) is 0. The molecule has 0 aromatic carbocycles. The molecule has 2 heteroatoms. The van der Waals surface area contributed by atoms with Gasteiger partial charge in [0.05, 0.1) is 0 Å². The van der Waals surface area contributed by atoms with Crippen LogP contribution in [0.1, 0.15) is 58.3 Å². The summed E-state index contributed by atoms with van der Waals surface area (Å²) in [6.45, 7) is 5.70. The number of rotatable bonds is 10. The average molecular weight is 211 g/mol. The molecule has 15 heavy (non-hydrogen) atoms. The maximum absolute atomic E-state index is 10.6. The third-order valence-electron chi connectivity index (χ3n) is 2.71. The Morgan fingerprint density at radius 3 is 2.20 bits per heavy atom. The van der Waals surface area contributed by atoms with Crippen LogP contribution in [-0.2, 0) is 4.79 Å². The van der Waals surface area contributed by atoms with Crippen molar-refractivity contribution in [2.45, 2.75) is 58.3 Å². The molecule has 0 bridgehead atoms. The SMILES string of the molecule is C=CC(CCCCCCCCC)C(=O)[O-]. The van der Waals surface area contributed by atoms with Gasteiger partial charge in [-0.15, -0.1) is 6.58 Å². The number of hydrogen-bond donors (Lipinski definition) is 0. The summed E-state index contributed by atoms with van der Waals surface area (Å²) in [5, 5.41) is 10.6. The molecule has 0 spiro atoms. The lowest BCUT2D eigenvalue weighted by Crippen LogP contribution is -2.29. The Kier molecular flexibility index (Phi) is 9.24. The van der Waals surface area contributed by atoms with E-state index in [0.29, 0.717) is 6.42 Å². The highest BCUT2D eigenvalue weighted by Crippen LogP contribution is 2.13. The lowest BCUT2D eigenvalue weighted by Gasteiger charge is -2.12. The van der Waals surface area contributed by atoms with Crippen molar-refractivity contribution in [3.05, 3.63) is 12.7 Å². The summed E-state index contributed by atoms with van der Waals surface area (Å²) >= 11 is 0. The third kappa shape index (κ3) is 8.22. The second kappa shape index (κ2) is 9.75. The average Bonchev–Trinajstić information content (AvgIpc) is 2.21.